The highest BCUT2D eigenvalue weighted by molar-refractivity contribution is 6.35. The minimum atomic E-state index is -1.12. The number of piperidine rings is 1. The maximum Gasteiger partial charge on any atom is 0.323 e. The number of rotatable bonds is 8. The number of amides is 3. The first-order valence-electron chi connectivity index (χ1n) is 11.6. The van der Waals surface area contributed by atoms with E-state index in [0.717, 1.165) is 17.7 Å². The second-order valence-corrected chi connectivity index (χ2v) is 10.3. The molecule has 1 aromatic carbocycles. The third-order valence-electron chi connectivity index (χ3n) is 6.97. The lowest BCUT2D eigenvalue weighted by Crippen LogP contribution is -2.52. The van der Waals surface area contributed by atoms with E-state index in [2.05, 4.69) is 5.32 Å². The van der Waals surface area contributed by atoms with E-state index in [0.29, 0.717) is 28.5 Å². The molecule has 10 heteroatoms. The largest absolute Gasteiger partial charge is 0.480 e. The second-order valence-electron chi connectivity index (χ2n) is 9.40. The molecule has 34 heavy (non-hydrogen) atoms. The molecule has 186 valence electrons. The summed E-state index contributed by atoms with van der Waals surface area (Å²) in [7, 11) is 1.39. The topological polar surface area (TPSA) is 107 Å². The second kappa shape index (κ2) is 11.4. The van der Waals surface area contributed by atoms with Crippen LogP contribution in [0.5, 0.6) is 0 Å². The molecular formula is C24H31Cl2N3O5. The van der Waals surface area contributed by atoms with Gasteiger partial charge in [0.05, 0.1) is 0 Å². The fourth-order valence-corrected chi connectivity index (χ4v) is 5.51. The average molecular weight is 512 g/mol. The Balaban J connectivity index is 1.70. The molecular weight excluding hydrogens is 481 g/mol. The Labute approximate surface area is 209 Å². The molecule has 1 heterocycles. The van der Waals surface area contributed by atoms with E-state index in [1.54, 1.807) is 4.90 Å². The maximum atomic E-state index is 13.4. The minimum absolute atomic E-state index is 0.0588. The summed E-state index contributed by atoms with van der Waals surface area (Å²) in [6.45, 7) is 0.821. The van der Waals surface area contributed by atoms with Crippen molar-refractivity contribution in [2.24, 2.45) is 5.41 Å². The summed E-state index contributed by atoms with van der Waals surface area (Å²) in [5.74, 6) is -2.28. The lowest BCUT2D eigenvalue weighted by Gasteiger charge is -2.40. The van der Waals surface area contributed by atoms with Gasteiger partial charge in [-0.05, 0) is 55.7 Å². The highest BCUT2D eigenvalue weighted by Gasteiger charge is 2.39. The number of likely N-dealkylation sites (N-methyl/N-ethyl adjacent to an activating group) is 1. The third-order valence-corrected chi connectivity index (χ3v) is 7.41. The number of benzene rings is 1. The molecule has 3 amide bonds. The monoisotopic (exact) mass is 511 g/mol. The molecule has 1 saturated carbocycles. The summed E-state index contributed by atoms with van der Waals surface area (Å²) in [6.07, 6.45) is 6.76. The molecule has 1 aromatic rings. The number of nitrogens with one attached hydrogen (secondary N) is 1. The number of carbonyl (C=O) groups excluding carboxylic acids is 3. The van der Waals surface area contributed by atoms with Gasteiger partial charge < -0.3 is 20.2 Å². The molecule has 1 spiro atoms. The lowest BCUT2D eigenvalue weighted by atomic mass is 9.77. The van der Waals surface area contributed by atoms with E-state index in [1.807, 2.05) is 0 Å². The fourth-order valence-electron chi connectivity index (χ4n) is 4.98. The Hall–Kier alpha value is -2.32. The van der Waals surface area contributed by atoms with Crippen molar-refractivity contribution in [3.05, 3.63) is 33.8 Å². The van der Waals surface area contributed by atoms with Crippen molar-refractivity contribution in [1.29, 1.82) is 0 Å². The standard InChI is InChI=1S/C24H31Cl2N3O5/c1-28(15-21(31)32)20(30)5-4-19(27-22(33)16-12-17(25)14-18(26)13-16)23(34)29-10-8-24(9-11-29)6-2-3-7-24/h12-14,19H,2-11,15H2,1H3,(H,27,33)(H,31,32). The smallest absolute Gasteiger partial charge is 0.323 e. The van der Waals surface area contributed by atoms with Crippen molar-refractivity contribution in [3.63, 3.8) is 0 Å². The predicted molar refractivity (Wildman–Crippen MR) is 129 cm³/mol. The van der Waals surface area contributed by atoms with Gasteiger partial charge in [-0.15, -0.1) is 0 Å². The maximum absolute atomic E-state index is 13.4. The van der Waals surface area contributed by atoms with Crippen LogP contribution in [0.4, 0.5) is 0 Å². The number of carbonyl (C=O) groups is 4. The van der Waals surface area contributed by atoms with Crippen LogP contribution in [-0.2, 0) is 14.4 Å². The summed E-state index contributed by atoms with van der Waals surface area (Å²) < 4.78 is 0. The lowest BCUT2D eigenvalue weighted by molar-refractivity contribution is -0.143. The zero-order valence-electron chi connectivity index (χ0n) is 19.3. The van der Waals surface area contributed by atoms with E-state index < -0.39 is 30.4 Å². The Morgan fingerprint density at radius 3 is 2.21 bits per heavy atom. The first-order chi connectivity index (χ1) is 16.1. The minimum Gasteiger partial charge on any atom is -0.480 e. The highest BCUT2D eigenvalue weighted by Crippen LogP contribution is 2.46. The van der Waals surface area contributed by atoms with Crippen LogP contribution in [0, 0.1) is 5.41 Å². The van der Waals surface area contributed by atoms with Gasteiger partial charge in [-0.1, -0.05) is 36.0 Å². The molecule has 3 rings (SSSR count). The van der Waals surface area contributed by atoms with Crippen molar-refractivity contribution in [2.75, 3.05) is 26.7 Å². The van der Waals surface area contributed by atoms with Crippen molar-refractivity contribution in [2.45, 2.75) is 57.4 Å². The van der Waals surface area contributed by atoms with Gasteiger partial charge in [0.25, 0.3) is 5.91 Å². The molecule has 1 saturated heterocycles. The summed E-state index contributed by atoms with van der Waals surface area (Å²) in [5, 5.41) is 12.2. The summed E-state index contributed by atoms with van der Waals surface area (Å²) in [4.78, 5) is 52.4. The quantitative estimate of drug-likeness (QED) is 0.554. The van der Waals surface area contributed by atoms with Gasteiger partial charge in [-0.2, -0.15) is 0 Å². The number of hydrogen-bond donors (Lipinski definition) is 2. The van der Waals surface area contributed by atoms with Crippen LogP contribution in [0.25, 0.3) is 0 Å². The van der Waals surface area contributed by atoms with Crippen LogP contribution in [0.3, 0.4) is 0 Å². The molecule has 0 aromatic heterocycles. The van der Waals surface area contributed by atoms with Crippen LogP contribution in [-0.4, -0.2) is 71.3 Å². The normalized spacial score (nSPS) is 17.9. The molecule has 2 fully saturated rings. The molecule has 2 N–H and O–H groups in total. The van der Waals surface area contributed by atoms with Crippen LogP contribution < -0.4 is 5.32 Å². The van der Waals surface area contributed by atoms with Crippen LogP contribution >= 0.6 is 23.2 Å². The molecule has 0 radical (unpaired) electrons. The molecule has 1 aliphatic carbocycles. The number of aliphatic carboxylic acids is 1. The molecule has 1 unspecified atom stereocenters. The van der Waals surface area contributed by atoms with Gasteiger partial charge in [-0.25, -0.2) is 0 Å². The van der Waals surface area contributed by atoms with Gasteiger partial charge in [0.15, 0.2) is 0 Å². The Morgan fingerprint density at radius 2 is 1.65 bits per heavy atom. The summed E-state index contributed by atoms with van der Waals surface area (Å²) in [5.41, 5.74) is 0.552. The van der Waals surface area contributed by atoms with Crippen molar-refractivity contribution in [1.82, 2.24) is 15.1 Å². The Bertz CT molecular complexity index is 918. The average Bonchev–Trinajstić information content (AvgIpc) is 3.23. The SMILES string of the molecule is CN(CC(=O)O)C(=O)CCC(NC(=O)c1cc(Cl)cc(Cl)c1)C(=O)N1CCC2(CCCC2)CC1. The number of hydrogen-bond acceptors (Lipinski definition) is 4. The predicted octanol–water partition coefficient (Wildman–Crippen LogP) is 3.60. The van der Waals surface area contributed by atoms with E-state index in [4.69, 9.17) is 28.3 Å². The van der Waals surface area contributed by atoms with Crippen molar-refractivity contribution in [3.8, 4) is 0 Å². The number of likely N-dealkylation sites (tertiary alicyclic amines) is 1. The Morgan fingerprint density at radius 1 is 1.06 bits per heavy atom. The van der Waals surface area contributed by atoms with Crippen LogP contribution in [0.15, 0.2) is 18.2 Å². The van der Waals surface area contributed by atoms with Crippen molar-refractivity contribution >= 4 is 46.9 Å². The number of nitrogens with zero attached hydrogens (tertiary/aromatic N) is 2. The van der Waals surface area contributed by atoms with E-state index in [1.165, 1.54) is 50.9 Å². The molecule has 1 atom stereocenters. The summed E-state index contributed by atoms with van der Waals surface area (Å²) in [6, 6.07) is 3.50. The summed E-state index contributed by atoms with van der Waals surface area (Å²) >= 11 is 12.0. The third kappa shape index (κ3) is 6.85. The zero-order valence-corrected chi connectivity index (χ0v) is 20.8. The van der Waals surface area contributed by atoms with E-state index in [-0.39, 0.29) is 24.3 Å². The fraction of sp³-hybridized carbons (Fsp3) is 0.583. The number of halogens is 2. The zero-order chi connectivity index (χ0) is 24.9. The number of carboxylic acids is 1. The van der Waals surface area contributed by atoms with E-state index >= 15 is 0 Å². The number of carboxylic acid groups (broad SMARTS) is 1. The molecule has 2 aliphatic rings. The van der Waals surface area contributed by atoms with Gasteiger partial charge in [0.2, 0.25) is 11.8 Å². The molecule has 8 nitrogen and oxygen atoms in total. The van der Waals surface area contributed by atoms with Gasteiger partial charge in [-0.3, -0.25) is 19.2 Å². The molecule has 0 bridgehead atoms. The van der Waals surface area contributed by atoms with Crippen molar-refractivity contribution < 1.29 is 24.3 Å². The molecule has 1 aliphatic heterocycles. The Kier molecular flexibility index (Phi) is 8.82. The first kappa shape index (κ1) is 26.3. The highest BCUT2D eigenvalue weighted by atomic mass is 35.5. The van der Waals surface area contributed by atoms with Crippen LogP contribution in [0.1, 0.15) is 61.7 Å². The van der Waals surface area contributed by atoms with Crippen LogP contribution in [0.2, 0.25) is 10.0 Å². The van der Waals surface area contributed by atoms with E-state index in [9.17, 15) is 19.2 Å². The van der Waals surface area contributed by atoms with Gasteiger partial charge >= 0.3 is 5.97 Å². The van der Waals surface area contributed by atoms with Gasteiger partial charge in [0.1, 0.15) is 12.6 Å². The first-order valence-corrected chi connectivity index (χ1v) is 12.4. The van der Waals surface area contributed by atoms with Gasteiger partial charge in [0, 0.05) is 42.2 Å².